The summed E-state index contributed by atoms with van der Waals surface area (Å²) >= 11 is 0. The van der Waals surface area contributed by atoms with Gasteiger partial charge in [-0.05, 0) is 24.1 Å². The first kappa shape index (κ1) is 9.59. The van der Waals surface area contributed by atoms with E-state index in [1.165, 1.54) is 5.56 Å². The number of hydrogen-bond acceptors (Lipinski definition) is 1. The van der Waals surface area contributed by atoms with Crippen molar-refractivity contribution in [3.05, 3.63) is 55.1 Å². The Balaban J connectivity index is 2.66. The largest absolute Gasteiger partial charge is 0.490 e. The fraction of sp³-hybridized carbons (Fsp3) is 0.167. The summed E-state index contributed by atoms with van der Waals surface area (Å²) in [6, 6.07) is 8.00. The number of benzene rings is 1. The zero-order valence-corrected chi connectivity index (χ0v) is 7.70. The van der Waals surface area contributed by atoms with Gasteiger partial charge in [-0.3, -0.25) is 0 Å². The molecule has 0 unspecified atom stereocenters. The van der Waals surface area contributed by atoms with Crippen molar-refractivity contribution in [2.45, 2.75) is 6.42 Å². The molecule has 0 aliphatic heterocycles. The van der Waals surface area contributed by atoms with Gasteiger partial charge in [0, 0.05) is 0 Å². The van der Waals surface area contributed by atoms with Crippen LogP contribution >= 0.6 is 0 Å². The van der Waals surface area contributed by atoms with Crippen molar-refractivity contribution < 1.29 is 4.74 Å². The van der Waals surface area contributed by atoms with Crippen LogP contribution in [0.2, 0.25) is 0 Å². The Labute approximate surface area is 79.4 Å². The second-order valence-corrected chi connectivity index (χ2v) is 2.74. The topological polar surface area (TPSA) is 9.23 Å². The lowest BCUT2D eigenvalue weighted by Crippen LogP contribution is -1.93. The highest BCUT2D eigenvalue weighted by atomic mass is 16.5. The van der Waals surface area contributed by atoms with E-state index >= 15 is 0 Å². The lowest BCUT2D eigenvalue weighted by molar-refractivity contribution is 0.363. The number of hydrogen-bond donors (Lipinski definition) is 0. The normalized spacial score (nSPS) is 9.23. The molecule has 13 heavy (non-hydrogen) atoms. The smallest absolute Gasteiger partial charge is 0.120 e. The van der Waals surface area contributed by atoms with Gasteiger partial charge in [-0.15, -0.1) is 6.58 Å². The Morgan fingerprint density at radius 3 is 2.77 bits per heavy atom. The molecule has 68 valence electrons. The second-order valence-electron chi connectivity index (χ2n) is 2.74. The number of allylic oxidation sites excluding steroid dienone is 1. The molecule has 1 rings (SSSR count). The molecule has 0 saturated heterocycles. The molecule has 1 aromatic rings. The van der Waals surface area contributed by atoms with Gasteiger partial charge >= 0.3 is 0 Å². The van der Waals surface area contributed by atoms with Crippen LogP contribution in [0, 0.1) is 0 Å². The van der Waals surface area contributed by atoms with E-state index in [-0.39, 0.29) is 0 Å². The van der Waals surface area contributed by atoms with Crippen molar-refractivity contribution in [1.82, 2.24) is 0 Å². The molecule has 0 saturated carbocycles. The summed E-state index contributed by atoms with van der Waals surface area (Å²) in [7, 11) is 0. The van der Waals surface area contributed by atoms with Gasteiger partial charge in [0.05, 0.1) is 0 Å². The van der Waals surface area contributed by atoms with Crippen molar-refractivity contribution in [3.63, 3.8) is 0 Å². The first-order valence-electron chi connectivity index (χ1n) is 4.30. The van der Waals surface area contributed by atoms with E-state index in [4.69, 9.17) is 4.74 Å². The third-order valence-corrected chi connectivity index (χ3v) is 1.65. The van der Waals surface area contributed by atoms with Gasteiger partial charge in [-0.1, -0.05) is 30.9 Å². The molecule has 1 heteroatoms. The SMILES string of the molecule is C=CCOc1cccc(CC=C)c1. The molecule has 0 fully saturated rings. The predicted octanol–water partition coefficient (Wildman–Crippen LogP) is 2.98. The van der Waals surface area contributed by atoms with E-state index in [1.807, 2.05) is 24.3 Å². The maximum atomic E-state index is 5.39. The quantitative estimate of drug-likeness (QED) is 0.623. The molecule has 0 atom stereocenters. The molecule has 1 aromatic carbocycles. The fourth-order valence-electron chi connectivity index (χ4n) is 1.08. The summed E-state index contributed by atoms with van der Waals surface area (Å²) < 4.78 is 5.39. The minimum atomic E-state index is 0.553. The average Bonchev–Trinajstić information content (AvgIpc) is 2.16. The molecular formula is C12H14O. The van der Waals surface area contributed by atoms with Gasteiger partial charge in [0.2, 0.25) is 0 Å². The minimum Gasteiger partial charge on any atom is -0.490 e. The highest BCUT2D eigenvalue weighted by Crippen LogP contribution is 2.13. The number of rotatable bonds is 5. The molecular weight excluding hydrogens is 160 g/mol. The van der Waals surface area contributed by atoms with E-state index in [0.29, 0.717) is 6.61 Å². The van der Waals surface area contributed by atoms with Crippen molar-refractivity contribution in [3.8, 4) is 5.75 Å². The van der Waals surface area contributed by atoms with Crippen LogP contribution in [0.5, 0.6) is 5.75 Å². The van der Waals surface area contributed by atoms with Gasteiger partial charge in [0.25, 0.3) is 0 Å². The summed E-state index contributed by atoms with van der Waals surface area (Å²) in [6.07, 6.45) is 4.50. The summed E-state index contributed by atoms with van der Waals surface area (Å²) in [5.74, 6) is 0.888. The molecule has 0 aromatic heterocycles. The number of ether oxygens (including phenoxy) is 1. The maximum Gasteiger partial charge on any atom is 0.120 e. The van der Waals surface area contributed by atoms with Gasteiger partial charge in [0.15, 0.2) is 0 Å². The lowest BCUT2D eigenvalue weighted by Gasteiger charge is -2.04. The predicted molar refractivity (Wildman–Crippen MR) is 56.0 cm³/mol. The molecule has 0 N–H and O–H groups in total. The van der Waals surface area contributed by atoms with E-state index in [0.717, 1.165) is 12.2 Å². The van der Waals surface area contributed by atoms with Crippen LogP contribution in [0.3, 0.4) is 0 Å². The average molecular weight is 174 g/mol. The van der Waals surface area contributed by atoms with Crippen LogP contribution in [-0.2, 0) is 6.42 Å². The van der Waals surface area contributed by atoms with Crippen LogP contribution in [0.25, 0.3) is 0 Å². The van der Waals surface area contributed by atoms with Crippen molar-refractivity contribution >= 4 is 0 Å². The Hall–Kier alpha value is -1.50. The van der Waals surface area contributed by atoms with Crippen LogP contribution in [0.4, 0.5) is 0 Å². The summed E-state index contributed by atoms with van der Waals surface area (Å²) in [6.45, 7) is 7.84. The molecule has 0 heterocycles. The molecule has 0 spiro atoms. The van der Waals surface area contributed by atoms with E-state index in [9.17, 15) is 0 Å². The first-order chi connectivity index (χ1) is 6.36. The third kappa shape index (κ3) is 3.16. The van der Waals surface area contributed by atoms with Gasteiger partial charge < -0.3 is 4.74 Å². The van der Waals surface area contributed by atoms with Crippen LogP contribution < -0.4 is 4.74 Å². The van der Waals surface area contributed by atoms with Crippen molar-refractivity contribution in [1.29, 1.82) is 0 Å². The highest BCUT2D eigenvalue weighted by Gasteiger charge is 1.93. The van der Waals surface area contributed by atoms with Crippen molar-refractivity contribution in [2.75, 3.05) is 6.61 Å². The van der Waals surface area contributed by atoms with Crippen LogP contribution in [0.15, 0.2) is 49.6 Å². The summed E-state index contributed by atoms with van der Waals surface area (Å²) in [5.41, 5.74) is 1.22. The molecule has 0 radical (unpaired) electrons. The maximum absolute atomic E-state index is 5.39. The highest BCUT2D eigenvalue weighted by molar-refractivity contribution is 5.29. The fourth-order valence-corrected chi connectivity index (χ4v) is 1.08. The Morgan fingerprint density at radius 1 is 1.23 bits per heavy atom. The van der Waals surface area contributed by atoms with E-state index in [2.05, 4.69) is 19.2 Å². The zero-order chi connectivity index (χ0) is 9.52. The molecule has 0 amide bonds. The van der Waals surface area contributed by atoms with Crippen LogP contribution in [0.1, 0.15) is 5.56 Å². The lowest BCUT2D eigenvalue weighted by atomic mass is 10.1. The Kier molecular flexibility index (Phi) is 3.83. The standard InChI is InChI=1S/C12H14O/c1-3-6-11-7-5-8-12(10-11)13-9-4-2/h3-5,7-8,10H,1-2,6,9H2. The summed E-state index contributed by atoms with van der Waals surface area (Å²) in [4.78, 5) is 0. The van der Waals surface area contributed by atoms with Crippen LogP contribution in [-0.4, -0.2) is 6.61 Å². The molecule has 0 aliphatic rings. The van der Waals surface area contributed by atoms with Crippen molar-refractivity contribution in [2.24, 2.45) is 0 Å². The van der Waals surface area contributed by atoms with E-state index in [1.54, 1.807) is 6.08 Å². The van der Waals surface area contributed by atoms with Gasteiger partial charge in [-0.2, -0.15) is 0 Å². The molecule has 0 bridgehead atoms. The minimum absolute atomic E-state index is 0.553. The Bertz CT molecular complexity index is 289. The zero-order valence-electron chi connectivity index (χ0n) is 7.70. The second kappa shape index (κ2) is 5.20. The molecule has 1 nitrogen and oxygen atoms in total. The Morgan fingerprint density at radius 2 is 2.08 bits per heavy atom. The molecule has 0 aliphatic carbocycles. The third-order valence-electron chi connectivity index (χ3n) is 1.65. The monoisotopic (exact) mass is 174 g/mol. The first-order valence-corrected chi connectivity index (χ1v) is 4.30. The van der Waals surface area contributed by atoms with E-state index < -0.39 is 0 Å². The van der Waals surface area contributed by atoms with Gasteiger partial charge in [0.1, 0.15) is 12.4 Å². The van der Waals surface area contributed by atoms with Gasteiger partial charge in [-0.25, -0.2) is 0 Å². The summed E-state index contributed by atoms with van der Waals surface area (Å²) in [5, 5.41) is 0.